The summed E-state index contributed by atoms with van der Waals surface area (Å²) in [7, 11) is 0. The van der Waals surface area contributed by atoms with E-state index in [-0.39, 0.29) is 12.5 Å². The standard InChI is InChI=1S/C29H22BrN3O5/c30-20-12-10-18(11-13-20)22-14-15-23(37-22)25-24-26(29(36)33(28(24)35)21-4-2-1-3-5-21)38-32(25)16-17-6-8-19(9-7-17)27(31)34/h1-15,24-26H,16H2,(H2,31,34). The van der Waals surface area contributed by atoms with Gasteiger partial charge in [0.05, 0.1) is 5.69 Å². The quantitative estimate of drug-likeness (QED) is 0.331. The summed E-state index contributed by atoms with van der Waals surface area (Å²) < 4.78 is 7.21. The molecule has 38 heavy (non-hydrogen) atoms. The summed E-state index contributed by atoms with van der Waals surface area (Å²) in [4.78, 5) is 46.0. The molecule has 2 fully saturated rings. The minimum Gasteiger partial charge on any atom is -0.459 e. The highest BCUT2D eigenvalue weighted by molar-refractivity contribution is 9.10. The Labute approximate surface area is 226 Å². The number of hydrogen-bond donors (Lipinski definition) is 1. The van der Waals surface area contributed by atoms with Gasteiger partial charge >= 0.3 is 0 Å². The highest BCUT2D eigenvalue weighted by atomic mass is 79.9. The Morgan fingerprint density at radius 2 is 1.58 bits per heavy atom. The molecule has 3 amide bonds. The number of hydrogen-bond acceptors (Lipinski definition) is 6. The number of carbonyl (C=O) groups excluding carboxylic acids is 3. The van der Waals surface area contributed by atoms with E-state index in [2.05, 4.69) is 15.9 Å². The van der Waals surface area contributed by atoms with Crippen molar-refractivity contribution in [3.05, 3.63) is 112 Å². The fourth-order valence-electron chi connectivity index (χ4n) is 4.99. The van der Waals surface area contributed by atoms with Gasteiger partial charge < -0.3 is 10.2 Å². The van der Waals surface area contributed by atoms with Crippen LogP contribution >= 0.6 is 15.9 Å². The van der Waals surface area contributed by atoms with Crippen LogP contribution < -0.4 is 10.6 Å². The van der Waals surface area contributed by atoms with Gasteiger partial charge in [0, 0.05) is 22.1 Å². The van der Waals surface area contributed by atoms with Gasteiger partial charge in [-0.3, -0.25) is 19.2 Å². The third-order valence-corrected chi connectivity index (χ3v) is 7.36. The molecular formula is C29H22BrN3O5. The number of para-hydroxylation sites is 1. The van der Waals surface area contributed by atoms with Crippen LogP contribution in [-0.2, 0) is 21.0 Å². The number of nitrogens with zero attached hydrogens (tertiary/aromatic N) is 2. The molecule has 1 aromatic heterocycles. The molecule has 0 aliphatic carbocycles. The van der Waals surface area contributed by atoms with Crippen molar-refractivity contribution >= 4 is 39.3 Å². The molecule has 2 N–H and O–H groups in total. The highest BCUT2D eigenvalue weighted by Gasteiger charge is 2.60. The lowest BCUT2D eigenvalue weighted by Crippen LogP contribution is -2.37. The van der Waals surface area contributed by atoms with Crippen LogP contribution in [-0.4, -0.2) is 28.9 Å². The predicted octanol–water partition coefficient (Wildman–Crippen LogP) is 4.85. The Morgan fingerprint density at radius 1 is 0.868 bits per heavy atom. The zero-order chi connectivity index (χ0) is 26.4. The SMILES string of the molecule is NC(=O)c1ccc(CN2OC3C(=O)N(c4ccccc4)C(=O)C3C2c2ccc(-c3ccc(Br)cc3)o2)cc1. The fraction of sp³-hybridized carbons (Fsp3) is 0.138. The number of nitrogens with two attached hydrogens (primary N) is 1. The molecule has 6 rings (SSSR count). The molecule has 0 bridgehead atoms. The van der Waals surface area contributed by atoms with Gasteiger partial charge in [-0.05, 0) is 54.1 Å². The number of imide groups is 1. The first-order valence-corrected chi connectivity index (χ1v) is 12.8. The summed E-state index contributed by atoms with van der Waals surface area (Å²) in [6.45, 7) is 0.261. The van der Waals surface area contributed by atoms with Gasteiger partial charge in [0.1, 0.15) is 23.5 Å². The van der Waals surface area contributed by atoms with Crippen molar-refractivity contribution in [1.29, 1.82) is 0 Å². The topological polar surface area (TPSA) is 106 Å². The smallest absolute Gasteiger partial charge is 0.265 e. The van der Waals surface area contributed by atoms with Gasteiger partial charge in [-0.2, -0.15) is 5.06 Å². The second kappa shape index (κ2) is 9.68. The van der Waals surface area contributed by atoms with E-state index in [1.165, 1.54) is 4.90 Å². The molecule has 3 unspecified atom stereocenters. The maximum atomic E-state index is 13.7. The number of hydroxylamine groups is 2. The van der Waals surface area contributed by atoms with Crippen LogP contribution in [0.4, 0.5) is 5.69 Å². The summed E-state index contributed by atoms with van der Waals surface area (Å²) in [6, 6.07) is 26.4. The minimum atomic E-state index is -0.987. The number of anilines is 1. The van der Waals surface area contributed by atoms with Gasteiger partial charge in [0.2, 0.25) is 11.8 Å². The van der Waals surface area contributed by atoms with Gasteiger partial charge in [-0.25, -0.2) is 4.90 Å². The number of rotatable bonds is 6. The molecule has 8 nitrogen and oxygen atoms in total. The van der Waals surface area contributed by atoms with E-state index < -0.39 is 29.9 Å². The summed E-state index contributed by atoms with van der Waals surface area (Å²) in [5.74, 6) is -0.920. The van der Waals surface area contributed by atoms with Crippen molar-refractivity contribution in [2.75, 3.05) is 4.90 Å². The molecule has 3 aromatic carbocycles. The number of fused-ring (bicyclic) bond motifs is 1. The first kappa shape index (κ1) is 24.3. The largest absolute Gasteiger partial charge is 0.459 e. The summed E-state index contributed by atoms with van der Waals surface area (Å²) in [6.07, 6.45) is -0.987. The van der Waals surface area contributed by atoms with E-state index >= 15 is 0 Å². The van der Waals surface area contributed by atoms with Crippen molar-refractivity contribution < 1.29 is 23.6 Å². The molecule has 9 heteroatoms. The van der Waals surface area contributed by atoms with Crippen molar-refractivity contribution in [2.45, 2.75) is 18.7 Å². The molecule has 0 saturated carbocycles. The number of furan rings is 1. The Morgan fingerprint density at radius 3 is 2.26 bits per heavy atom. The van der Waals surface area contributed by atoms with Gasteiger partial charge in [0.15, 0.2) is 6.10 Å². The van der Waals surface area contributed by atoms with Crippen molar-refractivity contribution in [1.82, 2.24) is 5.06 Å². The highest BCUT2D eigenvalue weighted by Crippen LogP contribution is 2.47. The average molecular weight is 572 g/mol. The van der Waals surface area contributed by atoms with Crippen LogP contribution in [0.2, 0.25) is 0 Å². The predicted molar refractivity (Wildman–Crippen MR) is 142 cm³/mol. The summed E-state index contributed by atoms with van der Waals surface area (Å²) in [5, 5.41) is 1.62. The molecule has 0 spiro atoms. The molecule has 190 valence electrons. The van der Waals surface area contributed by atoms with Gasteiger partial charge in [-0.15, -0.1) is 0 Å². The molecule has 2 aliphatic heterocycles. The van der Waals surface area contributed by atoms with Crippen molar-refractivity contribution in [3.8, 4) is 11.3 Å². The van der Waals surface area contributed by atoms with Crippen molar-refractivity contribution in [2.24, 2.45) is 11.7 Å². The van der Waals surface area contributed by atoms with Gasteiger partial charge in [0.25, 0.3) is 5.91 Å². The number of halogens is 1. The van der Waals surface area contributed by atoms with Crippen LogP contribution in [0.15, 0.2) is 99.9 Å². The first-order chi connectivity index (χ1) is 18.4. The summed E-state index contributed by atoms with van der Waals surface area (Å²) in [5.41, 5.74) is 7.96. The fourth-order valence-corrected chi connectivity index (χ4v) is 5.26. The number of benzene rings is 3. The average Bonchev–Trinajstić information content (AvgIpc) is 3.60. The van der Waals surface area contributed by atoms with Crippen LogP contribution in [0.1, 0.15) is 27.7 Å². The Balaban J connectivity index is 1.36. The zero-order valence-corrected chi connectivity index (χ0v) is 21.6. The second-order valence-electron chi connectivity index (χ2n) is 9.19. The zero-order valence-electron chi connectivity index (χ0n) is 20.0. The second-order valence-corrected chi connectivity index (χ2v) is 10.1. The Kier molecular flexibility index (Phi) is 6.19. The maximum absolute atomic E-state index is 13.7. The number of primary amides is 1. The van der Waals surface area contributed by atoms with Crippen LogP contribution in [0.3, 0.4) is 0 Å². The molecule has 3 heterocycles. The molecule has 2 saturated heterocycles. The normalized spacial score (nSPS) is 21.2. The minimum absolute atomic E-state index is 0.261. The molecule has 0 radical (unpaired) electrons. The third-order valence-electron chi connectivity index (χ3n) is 6.83. The van der Waals surface area contributed by atoms with Crippen molar-refractivity contribution in [3.63, 3.8) is 0 Å². The van der Waals surface area contributed by atoms with E-state index in [1.807, 2.05) is 42.5 Å². The van der Waals surface area contributed by atoms with E-state index in [0.29, 0.717) is 22.8 Å². The van der Waals surface area contributed by atoms with E-state index in [1.54, 1.807) is 53.6 Å². The number of carbonyl (C=O) groups is 3. The maximum Gasteiger partial charge on any atom is 0.265 e. The lowest BCUT2D eigenvalue weighted by atomic mass is 9.94. The lowest BCUT2D eigenvalue weighted by Gasteiger charge is -2.25. The molecule has 4 aromatic rings. The van der Waals surface area contributed by atoms with Crippen LogP contribution in [0, 0.1) is 5.92 Å². The summed E-state index contributed by atoms with van der Waals surface area (Å²) >= 11 is 3.44. The van der Waals surface area contributed by atoms with Gasteiger partial charge in [-0.1, -0.05) is 58.4 Å². The van der Waals surface area contributed by atoms with Crippen LogP contribution in [0.5, 0.6) is 0 Å². The Hall–Kier alpha value is -4.05. The molecule has 2 aliphatic rings. The molecular weight excluding hydrogens is 550 g/mol. The monoisotopic (exact) mass is 571 g/mol. The third kappa shape index (κ3) is 4.24. The lowest BCUT2D eigenvalue weighted by molar-refractivity contribution is -0.179. The van der Waals surface area contributed by atoms with E-state index in [9.17, 15) is 14.4 Å². The molecule has 3 atom stereocenters. The Bertz CT molecular complexity index is 1520. The number of amides is 3. The first-order valence-electron chi connectivity index (χ1n) is 12.0. The van der Waals surface area contributed by atoms with Crippen LogP contribution in [0.25, 0.3) is 11.3 Å². The van der Waals surface area contributed by atoms with E-state index in [0.717, 1.165) is 15.6 Å². The van der Waals surface area contributed by atoms with E-state index in [4.69, 9.17) is 15.0 Å².